The summed E-state index contributed by atoms with van der Waals surface area (Å²) in [5.41, 5.74) is 0. The molecule has 3 N–H and O–H groups in total. The van der Waals surface area contributed by atoms with Gasteiger partial charge in [0.05, 0.1) is 25.4 Å². The van der Waals surface area contributed by atoms with Gasteiger partial charge in [-0.2, -0.15) is 0 Å². The van der Waals surface area contributed by atoms with Crippen molar-refractivity contribution < 1.29 is 24.5 Å². The Morgan fingerprint density at radius 2 is 0.754 bits per heavy atom. The van der Waals surface area contributed by atoms with Gasteiger partial charge in [-0.25, -0.2) is 0 Å². The second-order valence-corrected chi connectivity index (χ2v) is 20.0. The summed E-state index contributed by atoms with van der Waals surface area (Å²) in [5, 5.41) is 23.3. The molecule has 0 heterocycles. The fourth-order valence-electron chi connectivity index (χ4n) is 9.04. The number of aliphatic hydroxyl groups excluding tert-OH is 2. The third-order valence-electron chi connectivity index (χ3n) is 13.5. The van der Waals surface area contributed by atoms with Crippen LogP contribution in [0.15, 0.2) is 24.3 Å². The van der Waals surface area contributed by atoms with E-state index in [9.17, 15) is 19.8 Å². The van der Waals surface area contributed by atoms with E-state index in [1.165, 1.54) is 212 Å². The monoisotopic (exact) mass is 916 g/mol. The van der Waals surface area contributed by atoms with Crippen LogP contribution in [0.5, 0.6) is 0 Å². The second-order valence-electron chi connectivity index (χ2n) is 20.0. The number of amides is 1. The number of unbranched alkanes of at least 4 members (excludes halogenated alkanes) is 40. The maximum atomic E-state index is 12.5. The van der Waals surface area contributed by atoms with E-state index in [1.54, 1.807) is 0 Å². The van der Waals surface area contributed by atoms with E-state index >= 15 is 0 Å². The molecule has 0 rings (SSSR count). The summed E-state index contributed by atoms with van der Waals surface area (Å²) in [6, 6.07) is -0.549. The van der Waals surface area contributed by atoms with Crippen molar-refractivity contribution in [3.63, 3.8) is 0 Å². The van der Waals surface area contributed by atoms with Crippen molar-refractivity contribution in [3.8, 4) is 0 Å². The summed E-state index contributed by atoms with van der Waals surface area (Å²) in [4.78, 5) is 24.5. The van der Waals surface area contributed by atoms with Crippen molar-refractivity contribution in [2.45, 2.75) is 328 Å². The number of rotatable bonds is 54. The van der Waals surface area contributed by atoms with Gasteiger partial charge in [-0.05, 0) is 57.8 Å². The number of carbonyl (C=O) groups excluding carboxylic acids is 2. The Kier molecular flexibility index (Phi) is 53.5. The molecule has 0 spiro atoms. The van der Waals surface area contributed by atoms with Crippen LogP contribution in [-0.2, 0) is 14.3 Å². The Morgan fingerprint density at radius 1 is 0.431 bits per heavy atom. The highest BCUT2D eigenvalue weighted by Crippen LogP contribution is 2.17. The molecule has 0 radical (unpaired) electrons. The van der Waals surface area contributed by atoms with Gasteiger partial charge in [0.15, 0.2) is 0 Å². The van der Waals surface area contributed by atoms with Gasteiger partial charge >= 0.3 is 5.97 Å². The minimum atomic E-state index is -0.671. The Morgan fingerprint density at radius 3 is 1.14 bits per heavy atom. The Bertz CT molecular complexity index is 1010. The number of carbonyl (C=O) groups is 2. The summed E-state index contributed by atoms with van der Waals surface area (Å²) in [6.07, 6.45) is 66.0. The normalized spacial score (nSPS) is 12.7. The summed E-state index contributed by atoms with van der Waals surface area (Å²) in [7, 11) is 0. The Labute approximate surface area is 405 Å². The van der Waals surface area contributed by atoms with E-state index in [-0.39, 0.29) is 18.5 Å². The number of hydrogen-bond donors (Lipinski definition) is 3. The van der Waals surface area contributed by atoms with E-state index in [2.05, 4.69) is 43.5 Å². The van der Waals surface area contributed by atoms with Crippen LogP contribution in [0, 0.1) is 0 Å². The number of ether oxygens (including phenoxy) is 1. The molecule has 0 aromatic rings. The first-order chi connectivity index (χ1) is 32.0. The van der Waals surface area contributed by atoms with E-state index in [0.717, 1.165) is 70.6 Å². The van der Waals surface area contributed by atoms with Crippen molar-refractivity contribution >= 4 is 11.9 Å². The standard InChI is InChI=1S/C59H113NO5/c1-3-5-7-9-11-13-15-17-18-22-25-28-31-35-39-43-47-51-57(62)56(55-61)60-58(63)52-48-44-40-36-32-29-26-23-20-19-21-24-27-30-34-38-42-46-50-54-65-59(64)53-49-45-41-37-33-16-14-12-10-8-6-4-2/h24,27,30,34,56-57,61-62H,3-23,25-26,28-29,31-33,35-55H2,1-2H3,(H,60,63)/b27-24-,34-30-. The van der Waals surface area contributed by atoms with Gasteiger partial charge in [-0.1, -0.05) is 269 Å². The molecule has 0 saturated heterocycles. The van der Waals surface area contributed by atoms with Gasteiger partial charge in [0, 0.05) is 12.8 Å². The molecule has 65 heavy (non-hydrogen) atoms. The van der Waals surface area contributed by atoms with Crippen molar-refractivity contribution in [2.24, 2.45) is 0 Å². The lowest BCUT2D eigenvalue weighted by molar-refractivity contribution is -0.143. The van der Waals surface area contributed by atoms with Crippen molar-refractivity contribution in [3.05, 3.63) is 24.3 Å². The predicted octanol–water partition coefficient (Wildman–Crippen LogP) is 17.9. The van der Waals surface area contributed by atoms with Crippen LogP contribution in [-0.4, -0.2) is 47.4 Å². The quantitative estimate of drug-likeness (QED) is 0.0321. The molecule has 6 heteroatoms. The minimum absolute atomic E-state index is 0.0124. The molecule has 0 aliphatic heterocycles. The lowest BCUT2D eigenvalue weighted by atomic mass is 10.0. The van der Waals surface area contributed by atoms with Crippen LogP contribution < -0.4 is 5.32 Å². The average molecular weight is 917 g/mol. The van der Waals surface area contributed by atoms with Gasteiger partial charge in [-0.3, -0.25) is 9.59 Å². The number of esters is 1. The summed E-state index contributed by atoms with van der Waals surface area (Å²) >= 11 is 0. The van der Waals surface area contributed by atoms with E-state index in [1.807, 2.05) is 0 Å². The van der Waals surface area contributed by atoms with Crippen molar-refractivity contribution in [1.82, 2.24) is 5.32 Å². The lowest BCUT2D eigenvalue weighted by Gasteiger charge is -2.22. The first kappa shape index (κ1) is 63.3. The molecule has 0 aromatic heterocycles. The van der Waals surface area contributed by atoms with Crippen molar-refractivity contribution in [2.75, 3.05) is 13.2 Å². The molecule has 0 aromatic carbocycles. The predicted molar refractivity (Wildman–Crippen MR) is 283 cm³/mol. The molecule has 1 amide bonds. The van der Waals surface area contributed by atoms with Gasteiger partial charge in [0.2, 0.25) is 5.91 Å². The molecule has 0 aliphatic rings. The average Bonchev–Trinajstić information content (AvgIpc) is 3.31. The maximum Gasteiger partial charge on any atom is 0.305 e. The first-order valence-corrected chi connectivity index (χ1v) is 29.1. The van der Waals surface area contributed by atoms with Gasteiger partial charge in [-0.15, -0.1) is 0 Å². The fourth-order valence-corrected chi connectivity index (χ4v) is 9.04. The van der Waals surface area contributed by atoms with Gasteiger partial charge < -0.3 is 20.3 Å². The number of aliphatic hydroxyl groups is 2. The molecule has 6 nitrogen and oxygen atoms in total. The van der Waals surface area contributed by atoms with Crippen LogP contribution >= 0.6 is 0 Å². The van der Waals surface area contributed by atoms with Crippen LogP contribution in [0.2, 0.25) is 0 Å². The Hall–Kier alpha value is -1.66. The third kappa shape index (κ3) is 51.6. The lowest BCUT2D eigenvalue weighted by Crippen LogP contribution is -2.45. The zero-order valence-corrected chi connectivity index (χ0v) is 43.7. The topological polar surface area (TPSA) is 95.9 Å². The van der Waals surface area contributed by atoms with Crippen LogP contribution in [0.4, 0.5) is 0 Å². The first-order valence-electron chi connectivity index (χ1n) is 29.1. The molecular formula is C59H113NO5. The van der Waals surface area contributed by atoms with Gasteiger partial charge in [0.1, 0.15) is 0 Å². The minimum Gasteiger partial charge on any atom is -0.466 e. The summed E-state index contributed by atoms with van der Waals surface area (Å²) in [6.45, 7) is 4.92. The van der Waals surface area contributed by atoms with Crippen LogP contribution in [0.25, 0.3) is 0 Å². The van der Waals surface area contributed by atoms with E-state index < -0.39 is 12.1 Å². The molecular weight excluding hydrogens is 803 g/mol. The van der Waals surface area contributed by atoms with E-state index in [0.29, 0.717) is 25.9 Å². The summed E-state index contributed by atoms with van der Waals surface area (Å²) < 4.78 is 5.44. The van der Waals surface area contributed by atoms with Crippen molar-refractivity contribution in [1.29, 1.82) is 0 Å². The van der Waals surface area contributed by atoms with Gasteiger partial charge in [0.25, 0.3) is 0 Å². The highest BCUT2D eigenvalue weighted by atomic mass is 16.5. The largest absolute Gasteiger partial charge is 0.466 e. The fraction of sp³-hybridized carbons (Fsp3) is 0.898. The summed E-state index contributed by atoms with van der Waals surface area (Å²) in [5.74, 6) is -0.0551. The number of allylic oxidation sites excluding steroid dienone is 4. The van der Waals surface area contributed by atoms with E-state index in [4.69, 9.17) is 4.74 Å². The molecule has 0 saturated carbocycles. The smallest absolute Gasteiger partial charge is 0.305 e. The molecule has 0 bridgehead atoms. The Balaban J connectivity index is 3.48. The molecule has 2 unspecified atom stereocenters. The zero-order chi connectivity index (χ0) is 47.2. The highest BCUT2D eigenvalue weighted by Gasteiger charge is 2.20. The molecule has 384 valence electrons. The molecule has 0 aliphatic carbocycles. The van der Waals surface area contributed by atoms with Crippen LogP contribution in [0.1, 0.15) is 316 Å². The van der Waals surface area contributed by atoms with Crippen LogP contribution in [0.3, 0.4) is 0 Å². The third-order valence-corrected chi connectivity index (χ3v) is 13.5. The highest BCUT2D eigenvalue weighted by molar-refractivity contribution is 5.76. The maximum absolute atomic E-state index is 12.5. The molecule has 0 fully saturated rings. The zero-order valence-electron chi connectivity index (χ0n) is 43.7. The SMILES string of the molecule is CCCCCCCCCCCCCCCCCCCC(O)C(CO)NC(=O)CCCCCCCCCCCC/C=C\C=C/CCCCCOC(=O)CCCCCCCCCCCCCC. The second kappa shape index (κ2) is 54.9. The number of hydrogen-bond acceptors (Lipinski definition) is 5. The number of nitrogens with one attached hydrogen (secondary N) is 1. The molecule has 2 atom stereocenters.